The minimum Gasteiger partial charge on any atom is -0.350 e. The topological polar surface area (TPSA) is 66.5 Å². The van der Waals surface area contributed by atoms with Gasteiger partial charge in [-0.05, 0) is 42.8 Å². The Labute approximate surface area is 161 Å². The van der Waals surface area contributed by atoms with Gasteiger partial charge in [0.1, 0.15) is 11.9 Å². The van der Waals surface area contributed by atoms with E-state index in [0.717, 1.165) is 10.6 Å². The summed E-state index contributed by atoms with van der Waals surface area (Å²) in [6.07, 6.45) is 0.992. The van der Waals surface area contributed by atoms with E-state index < -0.39 is 22.0 Å². The minimum absolute atomic E-state index is 0.136. The van der Waals surface area contributed by atoms with E-state index in [9.17, 15) is 17.6 Å². The molecular weight excluding hydrogens is 402 g/mol. The summed E-state index contributed by atoms with van der Waals surface area (Å²) in [7, 11) is -3.78. The molecule has 9 heteroatoms. The summed E-state index contributed by atoms with van der Waals surface area (Å²) in [5.41, 5.74) is 0.873. The summed E-state index contributed by atoms with van der Waals surface area (Å²) in [6.45, 7) is 1.59. The number of nitrogens with one attached hydrogen (secondary N) is 1. The highest BCUT2D eigenvalue weighted by Gasteiger charge is 2.29. The second-order valence-corrected chi connectivity index (χ2v) is 8.44. The Bertz CT molecular complexity index is 884. The number of nitrogens with zero attached hydrogens (tertiary/aromatic N) is 1. The van der Waals surface area contributed by atoms with Crippen molar-refractivity contribution in [1.82, 2.24) is 5.32 Å². The molecule has 2 rings (SSSR count). The number of hydrogen-bond donors (Lipinski definition) is 1. The Kier molecular flexibility index (Phi) is 6.49. The molecule has 2 aromatic rings. The Morgan fingerprint density at radius 1 is 1.15 bits per heavy atom. The zero-order valence-corrected chi connectivity index (χ0v) is 16.4. The van der Waals surface area contributed by atoms with Crippen molar-refractivity contribution in [1.29, 1.82) is 0 Å². The van der Waals surface area contributed by atoms with Gasteiger partial charge in [-0.15, -0.1) is 0 Å². The third kappa shape index (κ3) is 5.33. The van der Waals surface area contributed by atoms with Gasteiger partial charge < -0.3 is 5.32 Å². The van der Waals surface area contributed by atoms with E-state index >= 15 is 0 Å². The molecule has 0 aliphatic rings. The molecule has 2 aromatic carbocycles. The van der Waals surface area contributed by atoms with Crippen LogP contribution in [0.15, 0.2) is 42.5 Å². The van der Waals surface area contributed by atoms with Gasteiger partial charge in [0, 0.05) is 16.6 Å². The average molecular weight is 419 g/mol. The standard InChI is InChI=1S/C17H17Cl2FN2O3S/c1-11(17(23)21-10-12-3-5-15(20)6-4-12)22(26(2,24)25)16-8-13(18)7-14(19)9-16/h3-9,11H,10H2,1-2H3,(H,21,23). The smallest absolute Gasteiger partial charge is 0.243 e. The summed E-state index contributed by atoms with van der Waals surface area (Å²) in [5, 5.41) is 3.14. The number of sulfonamides is 1. The van der Waals surface area contributed by atoms with Crippen LogP contribution in [0.25, 0.3) is 0 Å². The number of halogens is 3. The molecule has 1 amide bonds. The number of carbonyl (C=O) groups excluding carboxylic acids is 1. The van der Waals surface area contributed by atoms with Gasteiger partial charge in [-0.1, -0.05) is 35.3 Å². The molecular formula is C17H17Cl2FN2O3S. The van der Waals surface area contributed by atoms with Crippen molar-refractivity contribution in [3.05, 3.63) is 63.9 Å². The highest BCUT2D eigenvalue weighted by atomic mass is 35.5. The first-order valence-corrected chi connectivity index (χ1v) is 10.2. The SMILES string of the molecule is CC(C(=O)NCc1ccc(F)cc1)N(c1cc(Cl)cc(Cl)c1)S(C)(=O)=O. The molecule has 1 N–H and O–H groups in total. The molecule has 140 valence electrons. The summed E-state index contributed by atoms with van der Waals surface area (Å²) < 4.78 is 38.3. The van der Waals surface area contributed by atoms with Gasteiger partial charge in [-0.2, -0.15) is 0 Å². The van der Waals surface area contributed by atoms with Gasteiger partial charge in [0.15, 0.2) is 0 Å². The van der Waals surface area contributed by atoms with Crippen LogP contribution >= 0.6 is 23.2 Å². The van der Waals surface area contributed by atoms with E-state index in [0.29, 0.717) is 5.56 Å². The largest absolute Gasteiger partial charge is 0.350 e. The van der Waals surface area contributed by atoms with Crippen LogP contribution in [-0.2, 0) is 21.4 Å². The Balaban J connectivity index is 2.22. The number of amides is 1. The van der Waals surface area contributed by atoms with Crippen LogP contribution in [0.1, 0.15) is 12.5 Å². The van der Waals surface area contributed by atoms with Crippen LogP contribution in [0, 0.1) is 5.82 Å². The summed E-state index contributed by atoms with van der Waals surface area (Å²) >= 11 is 11.9. The lowest BCUT2D eigenvalue weighted by molar-refractivity contribution is -0.122. The van der Waals surface area contributed by atoms with Gasteiger partial charge >= 0.3 is 0 Å². The molecule has 0 saturated carbocycles. The molecule has 0 saturated heterocycles. The highest BCUT2D eigenvalue weighted by molar-refractivity contribution is 7.92. The number of rotatable bonds is 6. The van der Waals surface area contributed by atoms with Crippen molar-refractivity contribution >= 4 is 44.8 Å². The molecule has 0 spiro atoms. The maximum Gasteiger partial charge on any atom is 0.243 e. The molecule has 0 aromatic heterocycles. The molecule has 0 aliphatic heterocycles. The molecule has 5 nitrogen and oxygen atoms in total. The quantitative estimate of drug-likeness (QED) is 0.778. The molecule has 0 aliphatic carbocycles. The lowest BCUT2D eigenvalue weighted by atomic mass is 10.2. The molecule has 1 unspecified atom stereocenters. The number of benzene rings is 2. The zero-order valence-electron chi connectivity index (χ0n) is 14.0. The number of anilines is 1. The lowest BCUT2D eigenvalue weighted by Crippen LogP contribution is -2.47. The molecule has 0 fully saturated rings. The van der Waals surface area contributed by atoms with Gasteiger partial charge in [0.05, 0.1) is 11.9 Å². The second-order valence-electron chi connectivity index (χ2n) is 5.71. The Morgan fingerprint density at radius 3 is 2.19 bits per heavy atom. The molecule has 1 atom stereocenters. The first-order valence-electron chi connectivity index (χ1n) is 7.55. The van der Waals surface area contributed by atoms with Crippen molar-refractivity contribution in [3.8, 4) is 0 Å². The van der Waals surface area contributed by atoms with Crippen molar-refractivity contribution in [2.24, 2.45) is 0 Å². The van der Waals surface area contributed by atoms with Crippen LogP contribution in [-0.4, -0.2) is 26.6 Å². The van der Waals surface area contributed by atoms with Crippen LogP contribution in [0.2, 0.25) is 10.0 Å². The predicted octanol–water partition coefficient (Wildman–Crippen LogP) is 3.60. The second kappa shape index (κ2) is 8.24. The first-order chi connectivity index (χ1) is 12.1. The zero-order chi connectivity index (χ0) is 19.5. The van der Waals surface area contributed by atoms with Gasteiger partial charge in [-0.25, -0.2) is 12.8 Å². The molecule has 0 heterocycles. The van der Waals surface area contributed by atoms with E-state index in [2.05, 4.69) is 5.32 Å². The van der Waals surface area contributed by atoms with Gasteiger partial charge in [0.25, 0.3) is 0 Å². The number of hydrogen-bond acceptors (Lipinski definition) is 3. The van der Waals surface area contributed by atoms with Crippen molar-refractivity contribution in [2.75, 3.05) is 10.6 Å². The Morgan fingerprint density at radius 2 is 1.69 bits per heavy atom. The van der Waals surface area contributed by atoms with Crippen LogP contribution < -0.4 is 9.62 Å². The van der Waals surface area contributed by atoms with Crippen LogP contribution in [0.4, 0.5) is 10.1 Å². The normalized spacial score (nSPS) is 12.5. The van der Waals surface area contributed by atoms with Gasteiger partial charge in [-0.3, -0.25) is 9.10 Å². The summed E-state index contributed by atoms with van der Waals surface area (Å²) in [6, 6.07) is 8.88. The van der Waals surface area contributed by atoms with E-state index in [1.165, 1.54) is 49.4 Å². The fourth-order valence-corrected chi connectivity index (χ4v) is 4.09. The maximum atomic E-state index is 12.9. The lowest BCUT2D eigenvalue weighted by Gasteiger charge is -2.28. The summed E-state index contributed by atoms with van der Waals surface area (Å²) in [4.78, 5) is 12.5. The fraction of sp³-hybridized carbons (Fsp3) is 0.235. The summed E-state index contributed by atoms with van der Waals surface area (Å²) in [5.74, 6) is -0.898. The number of carbonyl (C=O) groups is 1. The third-order valence-electron chi connectivity index (χ3n) is 3.57. The van der Waals surface area contributed by atoms with Crippen molar-refractivity contribution in [3.63, 3.8) is 0 Å². The third-order valence-corrected chi connectivity index (χ3v) is 5.25. The van der Waals surface area contributed by atoms with Crippen molar-refractivity contribution < 1.29 is 17.6 Å². The van der Waals surface area contributed by atoms with E-state index in [1.807, 2.05) is 0 Å². The molecule has 26 heavy (non-hydrogen) atoms. The molecule has 0 radical (unpaired) electrons. The maximum absolute atomic E-state index is 12.9. The van der Waals surface area contributed by atoms with Crippen molar-refractivity contribution in [2.45, 2.75) is 19.5 Å². The van der Waals surface area contributed by atoms with E-state index in [-0.39, 0.29) is 28.1 Å². The monoisotopic (exact) mass is 418 g/mol. The van der Waals surface area contributed by atoms with Gasteiger partial charge in [0.2, 0.25) is 15.9 Å². The predicted molar refractivity (Wildman–Crippen MR) is 101 cm³/mol. The first kappa shape index (κ1) is 20.5. The Hall–Kier alpha value is -1.83. The fourth-order valence-electron chi connectivity index (χ4n) is 2.41. The van der Waals surface area contributed by atoms with E-state index in [4.69, 9.17) is 23.2 Å². The van der Waals surface area contributed by atoms with Crippen LogP contribution in [0.3, 0.4) is 0 Å². The molecule has 0 bridgehead atoms. The highest BCUT2D eigenvalue weighted by Crippen LogP contribution is 2.28. The van der Waals surface area contributed by atoms with Crippen LogP contribution in [0.5, 0.6) is 0 Å². The van der Waals surface area contributed by atoms with E-state index in [1.54, 1.807) is 0 Å². The average Bonchev–Trinajstić information content (AvgIpc) is 2.51. The minimum atomic E-state index is -3.78.